The number of hydrogen-bond acceptors (Lipinski definition) is 5. The summed E-state index contributed by atoms with van der Waals surface area (Å²) in [5, 5.41) is 19.8. The molecule has 0 aliphatic carbocycles. The Morgan fingerprint density at radius 2 is 2.14 bits per heavy atom. The minimum Gasteiger partial charge on any atom is -0.494 e. The Morgan fingerprint density at radius 1 is 1.43 bits per heavy atom. The second-order valence-electron chi connectivity index (χ2n) is 4.59. The van der Waals surface area contributed by atoms with Crippen molar-refractivity contribution in [2.45, 2.75) is 26.8 Å². The number of hydrogen-bond donors (Lipinski definition) is 1. The van der Waals surface area contributed by atoms with E-state index in [1.807, 2.05) is 13.8 Å². The van der Waals surface area contributed by atoms with Gasteiger partial charge in [0.2, 0.25) is 0 Å². The molecule has 0 spiro atoms. The number of nitrogens with zero attached hydrogens (tertiary/aromatic N) is 2. The highest BCUT2D eigenvalue weighted by Crippen LogP contribution is 2.25. The molecule has 1 rings (SSSR count). The van der Waals surface area contributed by atoms with Gasteiger partial charge in [-0.3, -0.25) is 19.8 Å². The Morgan fingerprint density at radius 3 is 2.67 bits per heavy atom. The molecule has 0 fully saturated rings. The highest BCUT2D eigenvalue weighted by Gasteiger charge is 2.16. The van der Waals surface area contributed by atoms with E-state index in [2.05, 4.69) is 0 Å². The molecule has 1 N–H and O–H groups in total. The van der Waals surface area contributed by atoms with Crippen molar-refractivity contribution >= 4 is 11.7 Å². The van der Waals surface area contributed by atoms with Crippen molar-refractivity contribution in [1.82, 2.24) is 4.90 Å². The van der Waals surface area contributed by atoms with Crippen LogP contribution in [0, 0.1) is 10.1 Å². The Kier molecular flexibility index (Phi) is 6.61. The monoisotopic (exact) mass is 296 g/mol. The highest BCUT2D eigenvalue weighted by atomic mass is 16.6. The van der Waals surface area contributed by atoms with Crippen LogP contribution in [-0.4, -0.2) is 40.6 Å². The summed E-state index contributed by atoms with van der Waals surface area (Å²) in [4.78, 5) is 23.0. The highest BCUT2D eigenvalue weighted by molar-refractivity contribution is 5.69. The van der Waals surface area contributed by atoms with E-state index in [0.717, 1.165) is 6.42 Å². The summed E-state index contributed by atoms with van der Waals surface area (Å²) in [6, 6.07) is 4.38. The molecule has 1 aromatic rings. The molecule has 21 heavy (non-hydrogen) atoms. The molecule has 0 atom stereocenters. The van der Waals surface area contributed by atoms with Gasteiger partial charge < -0.3 is 9.84 Å². The zero-order chi connectivity index (χ0) is 15.8. The lowest BCUT2D eigenvalue weighted by molar-refractivity contribution is -0.385. The predicted molar refractivity (Wildman–Crippen MR) is 77.5 cm³/mol. The van der Waals surface area contributed by atoms with E-state index in [1.165, 1.54) is 12.1 Å². The minimum absolute atomic E-state index is 0.0276. The fraction of sp³-hybridized carbons (Fsp3) is 0.500. The number of aliphatic carboxylic acids is 1. The Labute approximate surface area is 123 Å². The summed E-state index contributed by atoms with van der Waals surface area (Å²) in [5.74, 6) is -0.374. The van der Waals surface area contributed by atoms with Gasteiger partial charge in [0.05, 0.1) is 18.1 Å². The molecule has 0 aliphatic heterocycles. The molecule has 0 aromatic heterocycles. The number of nitro groups is 1. The third-order valence-corrected chi connectivity index (χ3v) is 2.85. The van der Waals surface area contributed by atoms with Gasteiger partial charge >= 0.3 is 5.97 Å². The number of carbonyl (C=O) groups is 1. The molecule has 0 amide bonds. The summed E-state index contributed by atoms with van der Waals surface area (Å²) in [6.45, 7) is 5.01. The van der Waals surface area contributed by atoms with Crippen LogP contribution in [0.15, 0.2) is 18.2 Å². The minimum atomic E-state index is -0.924. The average Bonchev–Trinajstić information content (AvgIpc) is 2.40. The predicted octanol–water partition coefficient (Wildman–Crippen LogP) is 2.29. The van der Waals surface area contributed by atoms with E-state index in [4.69, 9.17) is 9.84 Å². The van der Waals surface area contributed by atoms with Gasteiger partial charge in [-0.05, 0) is 26.0 Å². The largest absolute Gasteiger partial charge is 0.494 e. The molecule has 7 heteroatoms. The molecule has 0 aliphatic rings. The molecular weight excluding hydrogens is 276 g/mol. The van der Waals surface area contributed by atoms with Gasteiger partial charge in [-0.25, -0.2) is 0 Å². The lowest BCUT2D eigenvalue weighted by Gasteiger charge is -2.21. The standard InChI is InChI=1S/C14H20N2O5/c1-3-7-15(10-14(17)18)9-11-8-12(16(19)20)5-6-13(11)21-4-2/h5-6,8H,3-4,7,9-10H2,1-2H3,(H,17,18). The first-order chi connectivity index (χ1) is 9.97. The molecule has 0 saturated heterocycles. The lowest BCUT2D eigenvalue weighted by atomic mass is 10.1. The zero-order valence-electron chi connectivity index (χ0n) is 12.2. The first kappa shape index (κ1) is 16.9. The van der Waals surface area contributed by atoms with Crippen molar-refractivity contribution in [3.8, 4) is 5.75 Å². The van der Waals surface area contributed by atoms with Gasteiger partial charge in [0.1, 0.15) is 5.75 Å². The van der Waals surface area contributed by atoms with Gasteiger partial charge in [0.25, 0.3) is 5.69 Å². The van der Waals surface area contributed by atoms with Gasteiger partial charge in [0.15, 0.2) is 0 Å². The number of non-ortho nitro benzene ring substituents is 1. The van der Waals surface area contributed by atoms with Crippen LogP contribution < -0.4 is 4.74 Å². The number of carboxylic acid groups (broad SMARTS) is 1. The smallest absolute Gasteiger partial charge is 0.317 e. The summed E-state index contributed by atoms with van der Waals surface area (Å²) in [7, 11) is 0. The summed E-state index contributed by atoms with van der Waals surface area (Å²) < 4.78 is 5.46. The quantitative estimate of drug-likeness (QED) is 0.555. The summed E-state index contributed by atoms with van der Waals surface area (Å²) in [5.41, 5.74) is 0.598. The van der Waals surface area contributed by atoms with E-state index < -0.39 is 10.9 Å². The average molecular weight is 296 g/mol. The fourth-order valence-electron chi connectivity index (χ4n) is 2.06. The first-order valence-corrected chi connectivity index (χ1v) is 6.82. The zero-order valence-corrected chi connectivity index (χ0v) is 12.2. The lowest BCUT2D eigenvalue weighted by Crippen LogP contribution is -2.30. The van der Waals surface area contributed by atoms with Crippen LogP contribution in [0.4, 0.5) is 5.69 Å². The first-order valence-electron chi connectivity index (χ1n) is 6.82. The van der Waals surface area contributed by atoms with Crippen LogP contribution in [0.25, 0.3) is 0 Å². The second-order valence-corrected chi connectivity index (χ2v) is 4.59. The van der Waals surface area contributed by atoms with Crippen molar-refractivity contribution < 1.29 is 19.6 Å². The fourth-order valence-corrected chi connectivity index (χ4v) is 2.06. The maximum Gasteiger partial charge on any atom is 0.317 e. The molecule has 116 valence electrons. The number of nitro benzene ring substituents is 1. The van der Waals surface area contributed by atoms with Crippen molar-refractivity contribution in [3.63, 3.8) is 0 Å². The topological polar surface area (TPSA) is 92.9 Å². The number of carboxylic acids is 1. The molecule has 7 nitrogen and oxygen atoms in total. The van der Waals surface area contributed by atoms with E-state index >= 15 is 0 Å². The van der Waals surface area contributed by atoms with Crippen LogP contribution in [-0.2, 0) is 11.3 Å². The molecule has 0 saturated carbocycles. The van der Waals surface area contributed by atoms with Gasteiger partial charge in [-0.2, -0.15) is 0 Å². The molecule has 0 radical (unpaired) electrons. The van der Waals surface area contributed by atoms with E-state index in [1.54, 1.807) is 11.0 Å². The maximum absolute atomic E-state index is 10.9. The molecule has 0 bridgehead atoms. The van der Waals surface area contributed by atoms with Crippen molar-refractivity contribution in [1.29, 1.82) is 0 Å². The molecular formula is C14H20N2O5. The number of ether oxygens (including phenoxy) is 1. The van der Waals surface area contributed by atoms with E-state index in [0.29, 0.717) is 31.0 Å². The van der Waals surface area contributed by atoms with E-state index in [9.17, 15) is 14.9 Å². The van der Waals surface area contributed by atoms with Gasteiger partial charge in [0, 0.05) is 24.2 Å². The second kappa shape index (κ2) is 8.21. The van der Waals surface area contributed by atoms with Crippen LogP contribution in [0.3, 0.4) is 0 Å². The van der Waals surface area contributed by atoms with Gasteiger partial charge in [-0.1, -0.05) is 6.92 Å². The third kappa shape index (κ3) is 5.39. The molecule has 1 aromatic carbocycles. The van der Waals surface area contributed by atoms with Crippen LogP contribution >= 0.6 is 0 Å². The summed E-state index contributed by atoms with van der Waals surface area (Å²) in [6.07, 6.45) is 0.798. The SMILES string of the molecule is CCCN(CC(=O)O)Cc1cc([N+](=O)[O-])ccc1OCC. The Hall–Kier alpha value is -2.15. The number of benzene rings is 1. The third-order valence-electron chi connectivity index (χ3n) is 2.85. The molecule has 0 unspecified atom stereocenters. The summed E-state index contributed by atoms with van der Waals surface area (Å²) >= 11 is 0. The van der Waals surface area contributed by atoms with Crippen molar-refractivity contribution in [3.05, 3.63) is 33.9 Å². The van der Waals surface area contributed by atoms with Crippen LogP contribution in [0.2, 0.25) is 0 Å². The Balaban J connectivity index is 3.02. The van der Waals surface area contributed by atoms with Crippen LogP contribution in [0.1, 0.15) is 25.8 Å². The maximum atomic E-state index is 10.9. The molecule has 0 heterocycles. The van der Waals surface area contributed by atoms with Gasteiger partial charge in [-0.15, -0.1) is 0 Å². The van der Waals surface area contributed by atoms with E-state index in [-0.39, 0.29) is 12.2 Å². The van der Waals surface area contributed by atoms with Crippen LogP contribution in [0.5, 0.6) is 5.75 Å². The number of rotatable bonds is 9. The Bertz CT molecular complexity index is 504. The normalized spacial score (nSPS) is 10.6. The van der Waals surface area contributed by atoms with Crippen molar-refractivity contribution in [2.75, 3.05) is 19.7 Å². The van der Waals surface area contributed by atoms with Crippen molar-refractivity contribution in [2.24, 2.45) is 0 Å².